The van der Waals surface area contributed by atoms with Crippen molar-refractivity contribution in [2.45, 2.75) is 13.5 Å². The average molecular weight is 463 g/mol. The van der Waals surface area contributed by atoms with Gasteiger partial charge >= 0.3 is 0 Å². The third kappa shape index (κ3) is 4.09. The minimum absolute atomic E-state index is 0.235. The van der Waals surface area contributed by atoms with Gasteiger partial charge < -0.3 is 0 Å². The number of hydrogen-bond acceptors (Lipinski definition) is 4. The molecule has 0 aliphatic carbocycles. The van der Waals surface area contributed by atoms with E-state index >= 15 is 0 Å². The fourth-order valence-electron chi connectivity index (χ4n) is 2.89. The van der Waals surface area contributed by atoms with Crippen molar-refractivity contribution >= 4 is 67.4 Å². The summed E-state index contributed by atoms with van der Waals surface area (Å²) in [5.41, 5.74) is 2.78. The summed E-state index contributed by atoms with van der Waals surface area (Å²) >= 11 is 20.1. The molecule has 0 unspecified atom stereocenters. The van der Waals surface area contributed by atoms with Crippen LogP contribution in [0.5, 0.6) is 0 Å². The van der Waals surface area contributed by atoms with Gasteiger partial charge in [0, 0.05) is 11.2 Å². The van der Waals surface area contributed by atoms with Crippen LogP contribution in [0.3, 0.4) is 0 Å². The Morgan fingerprint density at radius 1 is 1.07 bits per heavy atom. The smallest absolute Gasteiger partial charge is 0.262 e. The Morgan fingerprint density at radius 2 is 1.86 bits per heavy atom. The summed E-state index contributed by atoms with van der Waals surface area (Å²) in [5, 5.41) is 1.86. The minimum atomic E-state index is -0.309. The molecule has 4 aromatic rings. The van der Waals surface area contributed by atoms with Crippen molar-refractivity contribution in [1.82, 2.24) is 9.97 Å². The van der Waals surface area contributed by atoms with Crippen LogP contribution in [0, 0.1) is 6.92 Å². The Labute approximate surface area is 186 Å². The number of anilines is 1. The van der Waals surface area contributed by atoms with E-state index < -0.39 is 0 Å². The van der Waals surface area contributed by atoms with E-state index in [0.717, 1.165) is 21.5 Å². The molecule has 4 nitrogen and oxygen atoms in total. The number of carbonyl (C=O) groups excluding carboxylic acids is 1. The summed E-state index contributed by atoms with van der Waals surface area (Å²) in [7, 11) is 0. The normalized spacial score (nSPS) is 11.0. The van der Waals surface area contributed by atoms with Crippen LogP contribution in [0.4, 0.5) is 5.13 Å². The zero-order valence-electron chi connectivity index (χ0n) is 15.2. The second kappa shape index (κ2) is 8.28. The van der Waals surface area contributed by atoms with Crippen molar-refractivity contribution in [2.75, 3.05) is 4.90 Å². The molecule has 0 N–H and O–H groups in total. The van der Waals surface area contributed by atoms with E-state index in [9.17, 15) is 4.79 Å². The summed E-state index contributed by atoms with van der Waals surface area (Å²) in [4.78, 5) is 24.1. The highest BCUT2D eigenvalue weighted by atomic mass is 35.5. The predicted octanol–water partition coefficient (Wildman–Crippen LogP) is 6.81. The molecular weight excluding hydrogens is 449 g/mol. The Bertz CT molecular complexity index is 1170. The van der Waals surface area contributed by atoms with Gasteiger partial charge in [-0.3, -0.25) is 14.7 Å². The first-order chi connectivity index (χ1) is 13.9. The quantitative estimate of drug-likeness (QED) is 0.335. The third-order valence-corrected chi connectivity index (χ3v) is 6.47. The van der Waals surface area contributed by atoms with Crippen LogP contribution in [-0.4, -0.2) is 15.9 Å². The molecule has 0 saturated carbocycles. The molecular formula is C21H14Cl3N3OS. The number of pyridine rings is 1. The predicted molar refractivity (Wildman–Crippen MR) is 121 cm³/mol. The Kier molecular flexibility index (Phi) is 5.74. The van der Waals surface area contributed by atoms with Gasteiger partial charge in [0.25, 0.3) is 5.91 Å². The first-order valence-corrected chi connectivity index (χ1v) is 10.6. The van der Waals surface area contributed by atoms with Gasteiger partial charge in [-0.15, -0.1) is 0 Å². The van der Waals surface area contributed by atoms with Crippen LogP contribution in [0.2, 0.25) is 15.1 Å². The van der Waals surface area contributed by atoms with Crippen molar-refractivity contribution < 1.29 is 4.79 Å². The molecule has 0 saturated heterocycles. The molecule has 1 amide bonds. The molecule has 4 rings (SSSR count). The van der Waals surface area contributed by atoms with Crippen LogP contribution in [-0.2, 0) is 6.54 Å². The molecule has 2 aromatic carbocycles. The van der Waals surface area contributed by atoms with Crippen molar-refractivity contribution in [3.63, 3.8) is 0 Å². The zero-order valence-corrected chi connectivity index (χ0v) is 18.3. The third-order valence-electron chi connectivity index (χ3n) is 4.37. The number of aryl methyl sites for hydroxylation is 1. The van der Waals surface area contributed by atoms with Gasteiger partial charge in [-0.1, -0.05) is 58.3 Å². The number of thiazole rings is 1. The Morgan fingerprint density at radius 3 is 2.59 bits per heavy atom. The zero-order chi connectivity index (χ0) is 20.5. The lowest BCUT2D eigenvalue weighted by atomic mass is 10.2. The summed E-state index contributed by atoms with van der Waals surface area (Å²) in [6.07, 6.45) is 1.68. The molecule has 29 heavy (non-hydrogen) atoms. The van der Waals surface area contributed by atoms with Crippen molar-refractivity contribution in [2.24, 2.45) is 0 Å². The molecule has 2 heterocycles. The molecule has 0 atom stereocenters. The maximum atomic E-state index is 13.5. The molecule has 146 valence electrons. The molecule has 0 radical (unpaired) electrons. The molecule has 0 aliphatic heterocycles. The van der Waals surface area contributed by atoms with Crippen molar-refractivity contribution in [3.05, 3.63) is 86.6 Å². The van der Waals surface area contributed by atoms with Gasteiger partial charge in [0.2, 0.25) is 0 Å². The van der Waals surface area contributed by atoms with Crippen molar-refractivity contribution in [1.29, 1.82) is 0 Å². The molecule has 0 fully saturated rings. The van der Waals surface area contributed by atoms with Gasteiger partial charge in [-0.2, -0.15) is 0 Å². The number of carbonyl (C=O) groups is 1. The number of nitrogens with zero attached hydrogens (tertiary/aromatic N) is 3. The summed E-state index contributed by atoms with van der Waals surface area (Å²) in [6, 6.07) is 14.1. The number of fused-ring (bicyclic) bond motifs is 1. The average Bonchev–Trinajstić information content (AvgIpc) is 3.18. The van der Waals surface area contributed by atoms with E-state index in [2.05, 4.69) is 4.98 Å². The Hall–Kier alpha value is -2.18. The van der Waals surface area contributed by atoms with Crippen LogP contribution in [0.1, 0.15) is 21.6 Å². The summed E-state index contributed by atoms with van der Waals surface area (Å²) < 4.78 is 0.831. The lowest BCUT2D eigenvalue weighted by Crippen LogP contribution is -2.31. The highest BCUT2D eigenvalue weighted by Gasteiger charge is 2.25. The molecule has 0 spiro atoms. The SMILES string of the molecule is Cc1ccc(Cl)c2sc(N(Cc3ccccn3)C(=O)c3cc(Cl)ccc3Cl)nc12. The second-order valence-electron chi connectivity index (χ2n) is 6.37. The van der Waals surface area contributed by atoms with Gasteiger partial charge in [-0.25, -0.2) is 4.98 Å². The number of hydrogen-bond donors (Lipinski definition) is 0. The van der Waals surface area contributed by atoms with Crippen molar-refractivity contribution in [3.8, 4) is 0 Å². The number of aromatic nitrogens is 2. The Balaban J connectivity index is 1.84. The summed E-state index contributed by atoms with van der Waals surface area (Å²) in [5.74, 6) is -0.309. The van der Waals surface area contributed by atoms with Crippen LogP contribution in [0.15, 0.2) is 54.7 Å². The van der Waals surface area contributed by atoms with Gasteiger partial charge in [0.05, 0.1) is 38.1 Å². The van der Waals surface area contributed by atoms with E-state index in [1.54, 1.807) is 29.3 Å². The number of amides is 1. The molecule has 2 aromatic heterocycles. The fraction of sp³-hybridized carbons (Fsp3) is 0.0952. The first-order valence-electron chi connectivity index (χ1n) is 8.66. The highest BCUT2D eigenvalue weighted by molar-refractivity contribution is 7.23. The van der Waals surface area contributed by atoms with Gasteiger partial charge in [0.1, 0.15) is 0 Å². The van der Waals surface area contributed by atoms with E-state index in [-0.39, 0.29) is 12.5 Å². The van der Waals surface area contributed by atoms with Gasteiger partial charge in [0.15, 0.2) is 5.13 Å². The van der Waals surface area contributed by atoms with Gasteiger partial charge in [-0.05, 0) is 48.9 Å². The monoisotopic (exact) mass is 461 g/mol. The summed E-state index contributed by atoms with van der Waals surface area (Å²) in [6.45, 7) is 2.19. The van der Waals surface area contributed by atoms with E-state index in [1.165, 1.54) is 11.3 Å². The van der Waals surface area contributed by atoms with E-state index in [4.69, 9.17) is 39.8 Å². The van der Waals surface area contributed by atoms with Crippen LogP contribution < -0.4 is 4.90 Å². The number of benzene rings is 2. The van der Waals surface area contributed by atoms with Crippen LogP contribution >= 0.6 is 46.1 Å². The largest absolute Gasteiger partial charge is 0.278 e. The maximum absolute atomic E-state index is 13.5. The number of rotatable bonds is 4. The van der Waals surface area contributed by atoms with E-state index in [0.29, 0.717) is 25.8 Å². The topological polar surface area (TPSA) is 46.1 Å². The lowest BCUT2D eigenvalue weighted by Gasteiger charge is -2.20. The maximum Gasteiger partial charge on any atom is 0.262 e. The molecule has 0 aliphatic rings. The standard InChI is InChI=1S/C21H14Cl3N3OS/c1-12-5-7-17(24)19-18(12)26-21(29-19)27(11-14-4-2-3-9-25-14)20(28)15-10-13(22)6-8-16(15)23/h2-10H,11H2,1H3. The first kappa shape index (κ1) is 20.1. The molecule has 8 heteroatoms. The lowest BCUT2D eigenvalue weighted by molar-refractivity contribution is 0.0985. The number of halogens is 3. The van der Waals surface area contributed by atoms with E-state index in [1.807, 2.05) is 37.3 Å². The molecule has 0 bridgehead atoms. The fourth-order valence-corrected chi connectivity index (χ4v) is 4.58. The minimum Gasteiger partial charge on any atom is -0.278 e. The second-order valence-corrected chi connectivity index (χ2v) is 8.60. The highest BCUT2D eigenvalue weighted by Crippen LogP contribution is 2.37. The van der Waals surface area contributed by atoms with Crippen LogP contribution in [0.25, 0.3) is 10.2 Å².